The third kappa shape index (κ3) is 5.92. The van der Waals surface area contributed by atoms with Crippen LogP contribution in [0.25, 0.3) is 0 Å². The lowest BCUT2D eigenvalue weighted by Crippen LogP contribution is -2.48. The van der Waals surface area contributed by atoms with Crippen molar-refractivity contribution in [2.24, 2.45) is 0 Å². The zero-order valence-corrected chi connectivity index (χ0v) is 11.8. The molecule has 2 radical (unpaired) electrons. The molecular weight excluding hydrogens is 207 g/mol. The summed E-state index contributed by atoms with van der Waals surface area (Å²) in [6.45, 7) is 7.04. The van der Waals surface area contributed by atoms with Gasteiger partial charge in [-0.2, -0.15) is 0 Å². The summed E-state index contributed by atoms with van der Waals surface area (Å²) >= 11 is 0. The molecule has 1 N–H and O–H groups in total. The lowest BCUT2D eigenvalue weighted by molar-refractivity contribution is 0.145. The molecule has 17 heavy (non-hydrogen) atoms. The van der Waals surface area contributed by atoms with E-state index < -0.39 is 0 Å². The first-order valence-electron chi connectivity index (χ1n) is 7.48. The van der Waals surface area contributed by atoms with Crippen LogP contribution < -0.4 is 5.23 Å². The van der Waals surface area contributed by atoms with E-state index in [1.54, 1.807) is 0 Å². The third-order valence-electron chi connectivity index (χ3n) is 4.04. The van der Waals surface area contributed by atoms with Crippen LogP contribution in [-0.4, -0.2) is 38.1 Å². The summed E-state index contributed by atoms with van der Waals surface area (Å²) in [5.74, 6) is 0. The van der Waals surface area contributed by atoms with Crippen LogP contribution in [0.4, 0.5) is 0 Å². The summed E-state index contributed by atoms with van der Waals surface area (Å²) in [6.07, 6.45) is 10.8. The minimum absolute atomic E-state index is 0.506. The van der Waals surface area contributed by atoms with Gasteiger partial charge in [0.2, 0.25) is 0 Å². The number of likely N-dealkylation sites (tertiary alicyclic amines) is 1. The van der Waals surface area contributed by atoms with Gasteiger partial charge >= 0.3 is 0 Å². The maximum Gasteiger partial charge on any atom is 0.178 e. The zero-order valence-electron chi connectivity index (χ0n) is 11.8. The monoisotopic (exact) mass is 236 g/mol. The topological polar surface area (TPSA) is 15.3 Å². The number of nitrogens with one attached hydrogen (secondary N) is 1. The minimum atomic E-state index is 0.506. The van der Waals surface area contributed by atoms with Crippen molar-refractivity contribution in [3.05, 3.63) is 0 Å². The first-order valence-corrected chi connectivity index (χ1v) is 7.48. The third-order valence-corrected chi connectivity index (χ3v) is 4.04. The Labute approximate surface area is 109 Å². The fourth-order valence-electron chi connectivity index (χ4n) is 2.77. The summed E-state index contributed by atoms with van der Waals surface area (Å²) in [7, 11) is 5.54. The van der Waals surface area contributed by atoms with Gasteiger partial charge in [-0.15, -0.1) is 0 Å². The highest BCUT2D eigenvalue weighted by molar-refractivity contribution is 6.04. The molecule has 0 bridgehead atoms. The Morgan fingerprint density at radius 3 is 2.76 bits per heavy atom. The van der Waals surface area contributed by atoms with Crippen molar-refractivity contribution < 1.29 is 0 Å². The van der Waals surface area contributed by atoms with E-state index in [2.05, 4.69) is 24.0 Å². The van der Waals surface area contributed by atoms with Gasteiger partial charge in [0.15, 0.2) is 7.98 Å². The highest BCUT2D eigenvalue weighted by Gasteiger charge is 2.21. The largest absolute Gasteiger partial charge is 0.363 e. The molecule has 2 nitrogen and oxygen atoms in total. The van der Waals surface area contributed by atoms with Crippen molar-refractivity contribution in [1.29, 1.82) is 0 Å². The Hall–Kier alpha value is -0.0151. The van der Waals surface area contributed by atoms with Gasteiger partial charge in [0, 0.05) is 18.6 Å². The molecule has 3 heteroatoms. The van der Waals surface area contributed by atoms with E-state index in [0.29, 0.717) is 6.04 Å². The molecule has 1 aliphatic heterocycles. The van der Waals surface area contributed by atoms with Crippen molar-refractivity contribution in [3.63, 3.8) is 0 Å². The zero-order chi connectivity index (χ0) is 12.5. The molecule has 0 aromatic rings. The van der Waals surface area contributed by atoms with Gasteiger partial charge < -0.3 is 5.23 Å². The molecule has 1 unspecified atom stereocenters. The van der Waals surface area contributed by atoms with Gasteiger partial charge in [0.25, 0.3) is 0 Å². The molecule has 0 saturated carbocycles. The van der Waals surface area contributed by atoms with Gasteiger partial charge in [-0.25, -0.2) is 0 Å². The number of nitrogens with zero attached hydrogens (tertiary/aromatic N) is 1. The van der Waals surface area contributed by atoms with Crippen LogP contribution in [0.15, 0.2) is 0 Å². The van der Waals surface area contributed by atoms with Crippen LogP contribution in [0.5, 0.6) is 0 Å². The quantitative estimate of drug-likeness (QED) is 0.515. The van der Waals surface area contributed by atoms with Gasteiger partial charge in [-0.05, 0) is 32.7 Å². The van der Waals surface area contributed by atoms with Crippen LogP contribution in [0.1, 0.15) is 65.2 Å². The first kappa shape index (κ1) is 15.0. The van der Waals surface area contributed by atoms with E-state index in [-0.39, 0.29) is 0 Å². The molecule has 1 aliphatic rings. The highest BCUT2D eigenvalue weighted by Crippen LogP contribution is 2.17. The van der Waals surface area contributed by atoms with Gasteiger partial charge in [0.05, 0.1) is 0 Å². The van der Waals surface area contributed by atoms with Gasteiger partial charge in [-0.3, -0.25) is 4.90 Å². The SMILES string of the molecule is [B]N[C@H]1CCCN(C(C)CCCCCCC)C1. The molecule has 2 atom stereocenters. The summed E-state index contributed by atoms with van der Waals surface area (Å²) in [4.78, 5) is 2.61. The minimum Gasteiger partial charge on any atom is -0.363 e. The lowest BCUT2D eigenvalue weighted by atomic mass is 10.00. The molecule has 1 fully saturated rings. The number of unbranched alkanes of at least 4 members (excludes halogenated alkanes) is 4. The smallest absolute Gasteiger partial charge is 0.178 e. The summed E-state index contributed by atoms with van der Waals surface area (Å²) < 4.78 is 0. The number of hydrogen-bond acceptors (Lipinski definition) is 2. The second-order valence-electron chi connectivity index (χ2n) is 5.55. The van der Waals surface area contributed by atoms with E-state index in [0.717, 1.165) is 12.6 Å². The van der Waals surface area contributed by atoms with E-state index >= 15 is 0 Å². The summed E-state index contributed by atoms with van der Waals surface area (Å²) in [5, 5.41) is 2.93. The van der Waals surface area contributed by atoms with Crippen LogP contribution >= 0.6 is 0 Å². The number of hydrogen-bond donors (Lipinski definition) is 1. The van der Waals surface area contributed by atoms with Crippen molar-refractivity contribution in [2.75, 3.05) is 13.1 Å². The molecule has 1 heterocycles. The molecular formula is C14H29BN2. The van der Waals surface area contributed by atoms with E-state index in [9.17, 15) is 0 Å². The fraction of sp³-hybridized carbons (Fsp3) is 1.00. The average Bonchev–Trinajstić information content (AvgIpc) is 2.38. The van der Waals surface area contributed by atoms with Gasteiger partial charge in [-0.1, -0.05) is 39.0 Å². The maximum absolute atomic E-state index is 5.54. The van der Waals surface area contributed by atoms with Crippen molar-refractivity contribution in [3.8, 4) is 0 Å². The normalized spacial score (nSPS) is 23.8. The molecule has 0 aromatic heterocycles. The van der Waals surface area contributed by atoms with Crippen molar-refractivity contribution in [1.82, 2.24) is 10.1 Å². The Kier molecular flexibility index (Phi) is 7.95. The van der Waals surface area contributed by atoms with E-state index in [1.807, 2.05) is 0 Å². The van der Waals surface area contributed by atoms with E-state index in [4.69, 9.17) is 7.98 Å². The lowest BCUT2D eigenvalue weighted by Gasteiger charge is -2.37. The Morgan fingerprint density at radius 1 is 1.29 bits per heavy atom. The van der Waals surface area contributed by atoms with Crippen molar-refractivity contribution >= 4 is 7.98 Å². The second kappa shape index (κ2) is 8.99. The number of rotatable bonds is 8. The van der Waals surface area contributed by atoms with E-state index in [1.165, 1.54) is 57.9 Å². The first-order chi connectivity index (χ1) is 8.27. The highest BCUT2D eigenvalue weighted by atomic mass is 15.2. The molecule has 0 amide bonds. The van der Waals surface area contributed by atoms with Gasteiger partial charge in [0.1, 0.15) is 0 Å². The average molecular weight is 236 g/mol. The van der Waals surface area contributed by atoms with Crippen LogP contribution in [0, 0.1) is 0 Å². The molecule has 1 saturated heterocycles. The summed E-state index contributed by atoms with van der Waals surface area (Å²) in [6, 6.07) is 1.24. The molecule has 98 valence electrons. The Bertz CT molecular complexity index is 187. The molecule has 0 spiro atoms. The van der Waals surface area contributed by atoms with Crippen LogP contribution in [0.3, 0.4) is 0 Å². The predicted molar refractivity (Wildman–Crippen MR) is 76.3 cm³/mol. The second-order valence-corrected chi connectivity index (χ2v) is 5.55. The fourth-order valence-corrected chi connectivity index (χ4v) is 2.77. The van der Waals surface area contributed by atoms with Crippen LogP contribution in [0.2, 0.25) is 0 Å². The Balaban J connectivity index is 2.11. The predicted octanol–water partition coefficient (Wildman–Crippen LogP) is 2.87. The maximum atomic E-state index is 5.54. The number of piperidine rings is 1. The molecule has 0 aromatic carbocycles. The summed E-state index contributed by atoms with van der Waals surface area (Å²) in [5.41, 5.74) is 0. The Morgan fingerprint density at radius 2 is 2.06 bits per heavy atom. The standard InChI is InChI=1S/C14H29BN2/c1-3-4-5-6-7-9-13(2)17-11-8-10-14(12-17)16-15/h13-14,16H,3-12H2,1-2H3/t13?,14-/m0/s1. The van der Waals surface area contributed by atoms with Crippen molar-refractivity contribution in [2.45, 2.75) is 77.3 Å². The molecule has 1 rings (SSSR count). The molecule has 0 aliphatic carbocycles. The van der Waals surface area contributed by atoms with Crippen LogP contribution in [-0.2, 0) is 0 Å².